The minimum Gasteiger partial charge on any atom is -0.247 e. The molecule has 30 heavy (non-hydrogen) atoms. The molecule has 0 aliphatic carbocycles. The molecule has 0 atom stereocenters. The molecule has 2 aromatic heterocycles. The summed E-state index contributed by atoms with van der Waals surface area (Å²) >= 11 is 3.54. The van der Waals surface area contributed by atoms with Gasteiger partial charge in [0.1, 0.15) is 0 Å². The third-order valence-electron chi connectivity index (χ3n) is 3.53. The van der Waals surface area contributed by atoms with Gasteiger partial charge in [0.15, 0.2) is 0 Å². The van der Waals surface area contributed by atoms with Crippen LogP contribution >= 0.6 is 22.7 Å². The molecule has 0 amide bonds. The molecule has 1 aromatic carbocycles. The van der Waals surface area contributed by atoms with Gasteiger partial charge in [-0.2, -0.15) is 0 Å². The first-order chi connectivity index (χ1) is 14.2. The number of nitrogens with zero attached hydrogens (tertiary/aromatic N) is 1. The molecule has 3 heteroatoms. The smallest absolute Gasteiger partial charge is 0.0897 e. The Balaban J connectivity index is 0. The second kappa shape index (κ2) is 20.8. The highest BCUT2D eigenvalue weighted by atomic mass is 32.1. The zero-order valence-corrected chi connectivity index (χ0v) is 22.8. The summed E-state index contributed by atoms with van der Waals surface area (Å²) < 4.78 is 0. The fraction of sp³-hybridized carbons (Fsp3) is 0.519. The zero-order chi connectivity index (χ0) is 23.4. The van der Waals surface area contributed by atoms with Crippen LogP contribution in [0.5, 0.6) is 0 Å². The highest BCUT2D eigenvalue weighted by Crippen LogP contribution is 2.12. The molecule has 0 bridgehead atoms. The van der Waals surface area contributed by atoms with Gasteiger partial charge >= 0.3 is 0 Å². The van der Waals surface area contributed by atoms with E-state index in [1.165, 1.54) is 46.6 Å². The van der Waals surface area contributed by atoms with E-state index in [1.54, 1.807) is 11.3 Å². The molecule has 0 aliphatic rings. The summed E-state index contributed by atoms with van der Waals surface area (Å²) in [6.45, 7) is 21.1. The molecule has 3 aromatic rings. The van der Waals surface area contributed by atoms with Crippen LogP contribution in [0.3, 0.4) is 0 Å². The van der Waals surface area contributed by atoms with Gasteiger partial charge in [-0.3, -0.25) is 0 Å². The Bertz CT molecular complexity index is 629. The second-order valence-corrected chi connectivity index (χ2v) is 9.93. The maximum atomic E-state index is 4.13. The lowest BCUT2D eigenvalue weighted by Gasteiger charge is -1.90. The fourth-order valence-corrected chi connectivity index (χ4v) is 3.39. The summed E-state index contributed by atoms with van der Waals surface area (Å²) in [6, 6.07) is 12.8. The van der Waals surface area contributed by atoms with E-state index in [0.29, 0.717) is 0 Å². The number of rotatable bonds is 2. The van der Waals surface area contributed by atoms with Crippen LogP contribution in [0.15, 0.2) is 41.8 Å². The van der Waals surface area contributed by atoms with Crippen molar-refractivity contribution < 1.29 is 0 Å². The van der Waals surface area contributed by atoms with Gasteiger partial charge in [0.25, 0.3) is 0 Å². The van der Waals surface area contributed by atoms with Crippen LogP contribution in [0.2, 0.25) is 0 Å². The van der Waals surface area contributed by atoms with Crippen molar-refractivity contribution in [2.24, 2.45) is 0 Å². The summed E-state index contributed by atoms with van der Waals surface area (Å²) in [4.78, 5) is 6.93. The molecule has 0 aliphatic heterocycles. The van der Waals surface area contributed by atoms with E-state index in [-0.39, 0.29) is 0 Å². The van der Waals surface area contributed by atoms with Crippen molar-refractivity contribution in [3.8, 4) is 0 Å². The molecule has 0 spiro atoms. The van der Waals surface area contributed by atoms with E-state index >= 15 is 0 Å². The zero-order valence-electron chi connectivity index (χ0n) is 21.1. The molecule has 0 unspecified atom stereocenters. The summed E-state index contributed by atoms with van der Waals surface area (Å²) in [5.74, 6) is 0. The number of hydrogen-bond donors (Lipinski definition) is 0. The largest absolute Gasteiger partial charge is 0.247 e. The highest BCUT2D eigenvalue weighted by Gasteiger charge is 1.86. The predicted molar refractivity (Wildman–Crippen MR) is 142 cm³/mol. The van der Waals surface area contributed by atoms with Crippen molar-refractivity contribution in [1.82, 2.24) is 4.98 Å². The quantitative estimate of drug-likeness (QED) is 0.381. The Kier molecular flexibility index (Phi) is 21.3. The number of hydrogen-bond acceptors (Lipinski definition) is 3. The normalized spacial score (nSPS) is 8.87. The lowest BCUT2D eigenvalue weighted by atomic mass is 10.2. The van der Waals surface area contributed by atoms with Gasteiger partial charge in [0.2, 0.25) is 0 Å². The van der Waals surface area contributed by atoms with Crippen molar-refractivity contribution in [3.63, 3.8) is 0 Å². The van der Waals surface area contributed by atoms with Gasteiger partial charge in [0, 0.05) is 20.8 Å². The first-order valence-corrected chi connectivity index (χ1v) is 12.8. The maximum Gasteiger partial charge on any atom is 0.0897 e. The van der Waals surface area contributed by atoms with Crippen LogP contribution in [0.1, 0.15) is 85.0 Å². The Morgan fingerprint density at radius 3 is 1.20 bits per heavy atom. The van der Waals surface area contributed by atoms with E-state index in [4.69, 9.17) is 0 Å². The molecule has 0 fully saturated rings. The molecule has 0 radical (unpaired) electrons. The molecule has 0 saturated heterocycles. The topological polar surface area (TPSA) is 12.9 Å². The maximum absolute atomic E-state index is 4.13. The van der Waals surface area contributed by atoms with Crippen LogP contribution in [-0.2, 0) is 0 Å². The lowest BCUT2D eigenvalue weighted by molar-refractivity contribution is 0.772. The van der Waals surface area contributed by atoms with E-state index in [2.05, 4.69) is 102 Å². The molecular formula is C27H45NS2. The van der Waals surface area contributed by atoms with Crippen molar-refractivity contribution in [1.29, 1.82) is 0 Å². The minimum atomic E-state index is 1.13. The molecule has 0 saturated carbocycles. The van der Waals surface area contributed by atoms with Gasteiger partial charge in [0.05, 0.1) is 5.01 Å². The number of unbranched alkanes of at least 4 members (excludes halogenated alkanes) is 2. The van der Waals surface area contributed by atoms with Crippen molar-refractivity contribution in [2.75, 3.05) is 0 Å². The average molecular weight is 448 g/mol. The van der Waals surface area contributed by atoms with E-state index < -0.39 is 0 Å². The number of aromatic nitrogens is 1. The average Bonchev–Trinajstić information content (AvgIpc) is 3.26. The van der Waals surface area contributed by atoms with Crippen molar-refractivity contribution in [2.45, 2.75) is 94.9 Å². The molecule has 0 N–H and O–H groups in total. The Morgan fingerprint density at radius 2 is 1.07 bits per heavy atom. The first-order valence-electron chi connectivity index (χ1n) is 11.1. The van der Waals surface area contributed by atoms with Gasteiger partial charge < -0.3 is 0 Å². The monoisotopic (exact) mass is 447 g/mol. The lowest BCUT2D eigenvalue weighted by Crippen LogP contribution is -1.70. The molecular weight excluding hydrogens is 402 g/mol. The van der Waals surface area contributed by atoms with Crippen LogP contribution in [0, 0.1) is 41.5 Å². The number of aryl methyl sites for hydroxylation is 6. The first kappa shape index (κ1) is 30.7. The Hall–Kier alpha value is -1.45. The predicted octanol–water partition coefficient (Wildman–Crippen LogP) is 10.0. The standard InChI is InChI=1S/C8H10.C6H8S.C5H7NS.C5H12.C3H8/c1-7-3-5-8(2)6-4-7;1-5-3-4-6(2)7-5;1-4-3-7-5(2)6-4;1-3-5-4-2;1-3-2/h3-6H,1-2H3;3-4H,1-2H3;3H,1-2H3;3-5H2,1-2H3;3H2,1-2H3. The van der Waals surface area contributed by atoms with Gasteiger partial charge in [-0.05, 0) is 53.7 Å². The fourth-order valence-electron chi connectivity index (χ4n) is 2.02. The van der Waals surface area contributed by atoms with Gasteiger partial charge in [-0.25, -0.2) is 4.98 Å². The summed E-state index contributed by atoms with van der Waals surface area (Å²) in [6.07, 6.45) is 5.33. The van der Waals surface area contributed by atoms with Crippen molar-refractivity contribution in [3.05, 3.63) is 73.4 Å². The van der Waals surface area contributed by atoms with Crippen LogP contribution in [0.25, 0.3) is 0 Å². The van der Waals surface area contributed by atoms with Crippen LogP contribution < -0.4 is 0 Å². The number of benzene rings is 1. The summed E-state index contributed by atoms with van der Waals surface area (Å²) in [5, 5.41) is 3.20. The van der Waals surface area contributed by atoms with E-state index in [1.807, 2.05) is 25.2 Å². The number of thiazole rings is 1. The van der Waals surface area contributed by atoms with Crippen molar-refractivity contribution >= 4 is 22.7 Å². The summed E-state index contributed by atoms with van der Waals surface area (Å²) in [7, 11) is 0. The third kappa shape index (κ3) is 21.3. The third-order valence-corrected chi connectivity index (χ3v) is 5.34. The van der Waals surface area contributed by atoms with Crippen LogP contribution in [-0.4, -0.2) is 4.98 Å². The van der Waals surface area contributed by atoms with Gasteiger partial charge in [-0.1, -0.05) is 88.8 Å². The number of thiophene rings is 1. The SMILES string of the molecule is CCC.CCCCC.Cc1ccc(C)cc1.Cc1ccc(C)s1.Cc1csc(C)n1. The minimum absolute atomic E-state index is 1.13. The van der Waals surface area contributed by atoms with E-state index in [9.17, 15) is 0 Å². The molecule has 170 valence electrons. The Morgan fingerprint density at radius 1 is 0.667 bits per heavy atom. The molecule has 1 nitrogen and oxygen atoms in total. The summed E-state index contributed by atoms with van der Waals surface area (Å²) in [5.41, 5.74) is 3.79. The van der Waals surface area contributed by atoms with Gasteiger partial charge in [-0.15, -0.1) is 22.7 Å². The Labute approximate surface area is 195 Å². The molecule has 3 rings (SSSR count). The second-order valence-electron chi connectivity index (χ2n) is 7.38. The highest BCUT2D eigenvalue weighted by molar-refractivity contribution is 7.11. The molecule has 2 heterocycles. The van der Waals surface area contributed by atoms with E-state index in [0.717, 1.165) is 10.7 Å². The van der Waals surface area contributed by atoms with Crippen LogP contribution in [0.4, 0.5) is 0 Å².